The molecular weight excluding hydrogens is 422 g/mol. The average molecular weight is 435 g/mol. The summed E-state index contributed by atoms with van der Waals surface area (Å²) >= 11 is 9.39. The summed E-state index contributed by atoms with van der Waals surface area (Å²) in [5.74, 6) is -0.500. The lowest BCUT2D eigenvalue weighted by molar-refractivity contribution is 0.430. The number of rotatable bonds is 3. The number of aromatic hydroxyl groups is 1. The minimum atomic E-state index is -0.743. The molecule has 26 heavy (non-hydrogen) atoms. The Bertz CT molecular complexity index is 1120. The van der Waals surface area contributed by atoms with Gasteiger partial charge in [-0.1, -0.05) is 45.2 Å². The largest absolute Gasteiger partial charge is 0.493 e. The van der Waals surface area contributed by atoms with Crippen LogP contribution in [0, 0.1) is 6.92 Å². The molecule has 0 saturated carbocycles. The molecule has 6 nitrogen and oxygen atoms in total. The summed E-state index contributed by atoms with van der Waals surface area (Å²) in [6.07, 6.45) is 1.17. The molecule has 132 valence electrons. The summed E-state index contributed by atoms with van der Waals surface area (Å²) in [5, 5.41) is 10.8. The molecule has 0 unspecified atom stereocenters. The van der Waals surface area contributed by atoms with Gasteiger partial charge >= 0.3 is 5.69 Å². The van der Waals surface area contributed by atoms with Crippen molar-refractivity contribution >= 4 is 39.4 Å². The highest BCUT2D eigenvalue weighted by atomic mass is 79.9. The van der Waals surface area contributed by atoms with Gasteiger partial charge in [-0.05, 0) is 37.3 Å². The fraction of sp³-hybridized carbons (Fsp3) is 0.0556. The summed E-state index contributed by atoms with van der Waals surface area (Å²) in [6.45, 7) is 1.90. The Labute approximate surface area is 161 Å². The molecule has 1 aromatic heterocycles. The summed E-state index contributed by atoms with van der Waals surface area (Å²) in [7, 11) is 0. The Morgan fingerprint density at radius 3 is 2.54 bits per heavy atom. The van der Waals surface area contributed by atoms with Crippen molar-refractivity contribution in [2.75, 3.05) is 0 Å². The van der Waals surface area contributed by atoms with Crippen molar-refractivity contribution in [3.63, 3.8) is 0 Å². The van der Waals surface area contributed by atoms with Crippen LogP contribution in [0.2, 0.25) is 5.02 Å². The lowest BCUT2D eigenvalue weighted by Crippen LogP contribution is -2.31. The fourth-order valence-corrected chi connectivity index (χ4v) is 3.03. The van der Waals surface area contributed by atoms with E-state index < -0.39 is 17.1 Å². The number of aromatic amines is 1. The second-order valence-electron chi connectivity index (χ2n) is 5.52. The van der Waals surface area contributed by atoms with Gasteiger partial charge in [-0.15, -0.1) is 0 Å². The topological polar surface area (TPSA) is 87.4 Å². The first-order chi connectivity index (χ1) is 12.4. The maximum absolute atomic E-state index is 12.1. The molecule has 0 atom stereocenters. The Morgan fingerprint density at radius 1 is 1.19 bits per heavy atom. The van der Waals surface area contributed by atoms with Crippen LogP contribution in [-0.4, -0.2) is 20.9 Å². The van der Waals surface area contributed by atoms with E-state index in [0.29, 0.717) is 16.4 Å². The molecule has 0 spiro atoms. The Balaban J connectivity index is 2.12. The molecule has 3 aromatic rings. The number of H-pyrrole nitrogens is 1. The third-order valence-electron chi connectivity index (χ3n) is 3.66. The second-order valence-corrected chi connectivity index (χ2v) is 6.84. The van der Waals surface area contributed by atoms with Gasteiger partial charge in [-0.3, -0.25) is 14.8 Å². The van der Waals surface area contributed by atoms with E-state index in [1.807, 2.05) is 6.92 Å². The van der Waals surface area contributed by atoms with Gasteiger partial charge in [0.25, 0.3) is 5.56 Å². The van der Waals surface area contributed by atoms with Gasteiger partial charge in [0.15, 0.2) is 0 Å². The molecule has 8 heteroatoms. The van der Waals surface area contributed by atoms with Crippen LogP contribution in [0.25, 0.3) is 5.69 Å². The number of halogens is 2. The minimum Gasteiger partial charge on any atom is -0.493 e. The van der Waals surface area contributed by atoms with Gasteiger partial charge in [0.05, 0.1) is 16.4 Å². The summed E-state index contributed by atoms with van der Waals surface area (Å²) in [4.78, 5) is 30.6. The van der Waals surface area contributed by atoms with Crippen molar-refractivity contribution in [1.29, 1.82) is 0 Å². The lowest BCUT2D eigenvalue weighted by Gasteiger charge is -2.09. The molecule has 0 aliphatic carbocycles. The number of aromatic nitrogens is 2. The van der Waals surface area contributed by atoms with E-state index >= 15 is 0 Å². The van der Waals surface area contributed by atoms with E-state index in [1.54, 1.807) is 42.5 Å². The smallest absolute Gasteiger partial charge is 0.335 e. The first-order valence-corrected chi connectivity index (χ1v) is 8.68. The molecule has 3 rings (SSSR count). The molecule has 2 N–H and O–H groups in total. The molecule has 0 radical (unpaired) electrons. The number of hydrogen-bond donors (Lipinski definition) is 2. The SMILES string of the molecule is Cc1ccc(-n2c(O)c(C=Nc3ccc(Br)cc3Cl)c(=O)[nH]c2=O)cc1. The van der Waals surface area contributed by atoms with Crippen molar-refractivity contribution < 1.29 is 5.11 Å². The van der Waals surface area contributed by atoms with Crippen LogP contribution in [0.4, 0.5) is 5.69 Å². The molecule has 0 fully saturated rings. The van der Waals surface area contributed by atoms with Crippen molar-refractivity contribution in [2.45, 2.75) is 6.92 Å². The summed E-state index contributed by atoms with van der Waals surface area (Å²) < 4.78 is 1.79. The van der Waals surface area contributed by atoms with E-state index in [1.165, 1.54) is 6.21 Å². The minimum absolute atomic E-state index is 0.149. The number of aryl methyl sites for hydroxylation is 1. The van der Waals surface area contributed by atoms with E-state index in [4.69, 9.17) is 11.6 Å². The van der Waals surface area contributed by atoms with E-state index in [-0.39, 0.29) is 5.56 Å². The molecule has 2 aromatic carbocycles. The van der Waals surface area contributed by atoms with Crippen LogP contribution in [0.3, 0.4) is 0 Å². The molecule has 0 aliphatic heterocycles. The zero-order chi connectivity index (χ0) is 18.8. The standard InChI is InChI=1S/C18H13BrClN3O3/c1-10-2-5-12(6-3-10)23-17(25)13(16(24)22-18(23)26)9-21-15-7-4-11(19)8-14(15)20/h2-9,25H,1H3,(H,22,24,26). The van der Waals surface area contributed by atoms with Crippen LogP contribution in [0.5, 0.6) is 5.88 Å². The maximum Gasteiger partial charge on any atom is 0.335 e. The van der Waals surface area contributed by atoms with Gasteiger partial charge in [-0.25, -0.2) is 9.36 Å². The Morgan fingerprint density at radius 2 is 1.88 bits per heavy atom. The first-order valence-electron chi connectivity index (χ1n) is 7.51. The van der Waals surface area contributed by atoms with Crippen LogP contribution in [-0.2, 0) is 0 Å². The Kier molecular flexibility index (Phi) is 5.11. The monoisotopic (exact) mass is 433 g/mol. The van der Waals surface area contributed by atoms with Crippen molar-refractivity contribution in [2.24, 2.45) is 4.99 Å². The molecule has 0 amide bonds. The highest BCUT2D eigenvalue weighted by molar-refractivity contribution is 9.10. The van der Waals surface area contributed by atoms with Crippen molar-refractivity contribution in [3.8, 4) is 11.6 Å². The fourth-order valence-electron chi connectivity index (χ4n) is 2.31. The predicted octanol–water partition coefficient (Wildman–Crippen LogP) is 3.71. The molecular formula is C18H13BrClN3O3. The quantitative estimate of drug-likeness (QED) is 0.616. The van der Waals surface area contributed by atoms with Crippen molar-refractivity contribution in [3.05, 3.63) is 83.9 Å². The van der Waals surface area contributed by atoms with Crippen LogP contribution in [0.15, 0.2) is 61.5 Å². The first kappa shape index (κ1) is 18.2. The number of hydrogen-bond acceptors (Lipinski definition) is 4. The Hall–Kier alpha value is -2.64. The molecule has 0 aliphatic rings. The highest BCUT2D eigenvalue weighted by Gasteiger charge is 2.14. The van der Waals surface area contributed by atoms with Gasteiger partial charge in [-0.2, -0.15) is 0 Å². The maximum atomic E-state index is 12.1. The number of benzene rings is 2. The van der Waals surface area contributed by atoms with E-state index in [0.717, 1.165) is 14.6 Å². The zero-order valence-electron chi connectivity index (χ0n) is 13.5. The van der Waals surface area contributed by atoms with E-state index in [9.17, 15) is 14.7 Å². The summed E-state index contributed by atoms with van der Waals surface area (Å²) in [6, 6.07) is 12.0. The van der Waals surface area contributed by atoms with Crippen LogP contribution < -0.4 is 11.2 Å². The lowest BCUT2D eigenvalue weighted by atomic mass is 10.2. The summed E-state index contributed by atoms with van der Waals surface area (Å²) in [5.41, 5.74) is 0.206. The second kappa shape index (κ2) is 7.31. The van der Waals surface area contributed by atoms with Crippen molar-refractivity contribution in [1.82, 2.24) is 9.55 Å². The molecule has 0 bridgehead atoms. The van der Waals surface area contributed by atoms with E-state index in [2.05, 4.69) is 25.9 Å². The van der Waals surface area contributed by atoms with Gasteiger partial charge in [0.2, 0.25) is 5.88 Å². The highest BCUT2D eigenvalue weighted by Crippen LogP contribution is 2.28. The number of nitrogens with one attached hydrogen (secondary N) is 1. The zero-order valence-corrected chi connectivity index (χ0v) is 15.9. The number of aliphatic imine (C=N–C) groups is 1. The molecule has 0 saturated heterocycles. The normalized spacial score (nSPS) is 11.2. The third kappa shape index (κ3) is 3.63. The van der Waals surface area contributed by atoms with Gasteiger partial charge in [0.1, 0.15) is 5.56 Å². The van der Waals surface area contributed by atoms with Gasteiger partial charge in [0, 0.05) is 10.7 Å². The van der Waals surface area contributed by atoms with Crippen LogP contribution in [0.1, 0.15) is 11.1 Å². The van der Waals surface area contributed by atoms with Crippen LogP contribution >= 0.6 is 27.5 Å². The molecule has 1 heterocycles. The third-order valence-corrected chi connectivity index (χ3v) is 4.45. The number of nitrogens with zero attached hydrogens (tertiary/aromatic N) is 2. The predicted molar refractivity (Wildman–Crippen MR) is 105 cm³/mol. The average Bonchev–Trinajstić information content (AvgIpc) is 2.57. The van der Waals surface area contributed by atoms with Gasteiger partial charge < -0.3 is 5.11 Å².